The van der Waals surface area contributed by atoms with Crippen molar-refractivity contribution in [2.75, 3.05) is 0 Å². The van der Waals surface area contributed by atoms with E-state index in [1.807, 2.05) is 24.5 Å². The Balaban J connectivity index is 1.47. The van der Waals surface area contributed by atoms with Crippen molar-refractivity contribution in [3.63, 3.8) is 0 Å². The number of benzene rings is 6. The van der Waals surface area contributed by atoms with Gasteiger partial charge in [0.1, 0.15) is 0 Å². The van der Waals surface area contributed by atoms with Crippen LogP contribution in [0.25, 0.3) is 76.4 Å². The second kappa shape index (κ2) is 10.6. The van der Waals surface area contributed by atoms with Crippen LogP contribution in [-0.2, 0) is 0 Å². The highest BCUT2D eigenvalue weighted by atomic mass is 14.9. The number of hydrogen-bond acceptors (Lipinski definition) is 3. The van der Waals surface area contributed by atoms with Crippen molar-refractivity contribution in [3.05, 3.63) is 157 Å². The molecule has 0 aliphatic carbocycles. The van der Waals surface area contributed by atoms with E-state index >= 15 is 0 Å². The van der Waals surface area contributed by atoms with Crippen molar-refractivity contribution in [1.82, 2.24) is 9.97 Å². The van der Waals surface area contributed by atoms with E-state index in [0.717, 1.165) is 22.1 Å². The average molecular weight is 560 g/mol. The zero-order valence-electron chi connectivity index (χ0n) is 23.8. The highest BCUT2D eigenvalue weighted by Gasteiger charge is 2.10. The third-order valence-corrected chi connectivity index (χ3v) is 8.44. The van der Waals surface area contributed by atoms with Gasteiger partial charge in [0.15, 0.2) is 5.82 Å². The maximum Gasteiger partial charge on any atom is 0.159 e. The molecule has 0 bridgehead atoms. The summed E-state index contributed by atoms with van der Waals surface area (Å²) in [6.07, 6.45) is 3.77. The fourth-order valence-corrected chi connectivity index (χ4v) is 6.31. The van der Waals surface area contributed by atoms with Gasteiger partial charge in [0.2, 0.25) is 0 Å². The molecule has 1 aromatic heterocycles. The maximum atomic E-state index is 9.13. The largest absolute Gasteiger partial charge is 0.236 e. The molecule has 3 nitrogen and oxygen atoms in total. The van der Waals surface area contributed by atoms with Crippen molar-refractivity contribution < 1.29 is 0 Å². The topological polar surface area (TPSA) is 49.6 Å². The van der Waals surface area contributed by atoms with Crippen LogP contribution in [-0.4, -0.2) is 9.97 Å². The Labute approximate surface area is 254 Å². The van der Waals surface area contributed by atoms with Gasteiger partial charge >= 0.3 is 0 Å². The minimum Gasteiger partial charge on any atom is -0.236 e. The summed E-state index contributed by atoms with van der Waals surface area (Å²) in [6, 6.07) is 51.1. The minimum atomic E-state index is 0.616. The summed E-state index contributed by atoms with van der Waals surface area (Å²) in [5.41, 5.74) is 3.49. The lowest BCUT2D eigenvalue weighted by atomic mass is 9.93. The molecule has 0 aliphatic rings. The fraction of sp³-hybridized carbons (Fsp3) is 0. The quantitative estimate of drug-likeness (QED) is 0.212. The molecule has 204 valence electrons. The molecular weight excluding hydrogens is 534 g/mol. The molecule has 0 radical (unpaired) electrons. The Morgan fingerprint density at radius 1 is 0.364 bits per heavy atom. The van der Waals surface area contributed by atoms with Gasteiger partial charge in [-0.1, -0.05) is 109 Å². The molecule has 0 amide bonds. The van der Waals surface area contributed by atoms with Gasteiger partial charge in [-0.15, -0.1) is 0 Å². The predicted molar refractivity (Wildman–Crippen MR) is 183 cm³/mol. The average Bonchev–Trinajstić information content (AvgIpc) is 3.11. The molecule has 0 spiro atoms. The molecule has 1 heterocycles. The Kier molecular flexibility index (Phi) is 6.18. The second-order valence-corrected chi connectivity index (χ2v) is 10.9. The van der Waals surface area contributed by atoms with Crippen LogP contribution in [0.1, 0.15) is 5.56 Å². The Morgan fingerprint density at radius 3 is 1.14 bits per heavy atom. The number of fused-ring (bicyclic) bond motifs is 10. The SMILES string of the molecule is N#Cc1ccc(-c2ncc(-c3ccc4c5ccccc5c5ccccc5c5ccccc5c5ccccc5c4c3)cn2)cc1. The third kappa shape index (κ3) is 4.29. The maximum absolute atomic E-state index is 9.13. The standard InChI is InChI=1S/C41H25N3/c42-24-27-17-19-28(20-18-27)41-43-25-30(26-44-41)29-21-22-39-37-15-6-5-13-35(37)33-11-2-1-9-31(33)32-10-3-4-12-34(32)36-14-7-8-16-38(36)40(39)23-29/h1-23,25-26H. The molecule has 8 rings (SSSR count). The van der Waals surface area contributed by atoms with Gasteiger partial charge in [0.05, 0.1) is 11.6 Å². The van der Waals surface area contributed by atoms with E-state index in [0.29, 0.717) is 11.4 Å². The first-order valence-electron chi connectivity index (χ1n) is 14.6. The normalized spacial score (nSPS) is 11.2. The Morgan fingerprint density at radius 2 is 0.727 bits per heavy atom. The summed E-state index contributed by atoms with van der Waals surface area (Å²) in [5.74, 6) is 0.631. The van der Waals surface area contributed by atoms with Crippen molar-refractivity contribution in [2.45, 2.75) is 0 Å². The van der Waals surface area contributed by atoms with Crippen molar-refractivity contribution in [3.8, 4) is 28.6 Å². The molecule has 0 atom stereocenters. The van der Waals surface area contributed by atoms with E-state index in [1.54, 1.807) is 12.1 Å². The summed E-state index contributed by atoms with van der Waals surface area (Å²) in [6.45, 7) is 0. The Bertz CT molecular complexity index is 2410. The number of aromatic nitrogens is 2. The molecule has 0 saturated carbocycles. The summed E-state index contributed by atoms with van der Waals surface area (Å²) in [7, 11) is 0. The second-order valence-electron chi connectivity index (χ2n) is 10.9. The van der Waals surface area contributed by atoms with E-state index < -0.39 is 0 Å². The highest BCUT2D eigenvalue weighted by molar-refractivity contribution is 6.26. The number of rotatable bonds is 2. The number of nitriles is 1. The van der Waals surface area contributed by atoms with Crippen molar-refractivity contribution in [1.29, 1.82) is 5.26 Å². The molecule has 3 heteroatoms. The number of hydrogen-bond donors (Lipinski definition) is 0. The lowest BCUT2D eigenvalue weighted by molar-refractivity contribution is 1.18. The van der Waals surface area contributed by atoms with E-state index in [1.165, 1.54) is 48.5 Å². The zero-order chi connectivity index (χ0) is 29.5. The molecule has 0 aliphatic heterocycles. The minimum absolute atomic E-state index is 0.616. The van der Waals surface area contributed by atoms with Crippen LogP contribution in [0.2, 0.25) is 0 Å². The van der Waals surface area contributed by atoms with Crippen LogP contribution in [0, 0.1) is 11.3 Å². The van der Waals surface area contributed by atoms with E-state index in [2.05, 4.69) is 121 Å². The van der Waals surface area contributed by atoms with Crippen molar-refractivity contribution in [2.24, 2.45) is 0 Å². The molecule has 0 fully saturated rings. The summed E-state index contributed by atoms with van der Waals surface area (Å²) in [4.78, 5) is 9.39. The van der Waals surface area contributed by atoms with Crippen LogP contribution in [0.5, 0.6) is 0 Å². The van der Waals surface area contributed by atoms with E-state index in [9.17, 15) is 0 Å². The van der Waals surface area contributed by atoms with Gasteiger partial charge in [0, 0.05) is 23.5 Å². The van der Waals surface area contributed by atoms with Crippen LogP contribution >= 0.6 is 0 Å². The molecule has 8 aromatic rings. The first-order chi connectivity index (χ1) is 21.8. The molecule has 0 unspecified atom stereocenters. The van der Waals surface area contributed by atoms with Crippen LogP contribution in [0.3, 0.4) is 0 Å². The predicted octanol–water partition coefficient (Wildman–Crippen LogP) is 10.6. The van der Waals surface area contributed by atoms with Crippen LogP contribution in [0.4, 0.5) is 0 Å². The summed E-state index contributed by atoms with van der Waals surface area (Å²) in [5, 5.41) is 21.1. The van der Waals surface area contributed by atoms with Crippen molar-refractivity contribution >= 4 is 53.9 Å². The van der Waals surface area contributed by atoms with Gasteiger partial charge in [0.25, 0.3) is 0 Å². The van der Waals surface area contributed by atoms with Gasteiger partial charge in [-0.05, 0) is 89.8 Å². The third-order valence-electron chi connectivity index (χ3n) is 8.44. The van der Waals surface area contributed by atoms with Gasteiger partial charge in [-0.2, -0.15) is 5.26 Å². The zero-order valence-corrected chi connectivity index (χ0v) is 23.8. The smallest absolute Gasteiger partial charge is 0.159 e. The van der Waals surface area contributed by atoms with E-state index in [-0.39, 0.29) is 0 Å². The monoisotopic (exact) mass is 559 g/mol. The number of nitrogens with zero attached hydrogens (tertiary/aromatic N) is 3. The lowest BCUT2D eigenvalue weighted by Gasteiger charge is -2.11. The summed E-state index contributed by atoms with van der Waals surface area (Å²) < 4.78 is 0. The lowest BCUT2D eigenvalue weighted by Crippen LogP contribution is -1.90. The molecule has 7 aromatic carbocycles. The van der Waals surface area contributed by atoms with Gasteiger partial charge in [-0.25, -0.2) is 9.97 Å². The van der Waals surface area contributed by atoms with E-state index in [4.69, 9.17) is 15.2 Å². The highest BCUT2D eigenvalue weighted by Crippen LogP contribution is 2.37. The van der Waals surface area contributed by atoms with Gasteiger partial charge in [-0.3, -0.25) is 0 Å². The van der Waals surface area contributed by atoms with Crippen LogP contribution < -0.4 is 0 Å². The molecular formula is C41H25N3. The van der Waals surface area contributed by atoms with Crippen LogP contribution in [0.15, 0.2) is 152 Å². The van der Waals surface area contributed by atoms with Gasteiger partial charge < -0.3 is 0 Å². The first kappa shape index (κ1) is 25.6. The molecule has 44 heavy (non-hydrogen) atoms. The summed E-state index contributed by atoms with van der Waals surface area (Å²) >= 11 is 0. The molecule has 0 N–H and O–H groups in total. The molecule has 0 saturated heterocycles. The fourth-order valence-electron chi connectivity index (χ4n) is 6.31. The first-order valence-corrected chi connectivity index (χ1v) is 14.6. The Hall–Kier alpha value is -6.11.